The van der Waals surface area contributed by atoms with Gasteiger partial charge in [0, 0.05) is 54.5 Å². The first kappa shape index (κ1) is 17.7. The molecular weight excluding hydrogens is 378 g/mol. The number of aryl methyl sites for hydroxylation is 1. The average molecular weight is 400 g/mol. The number of H-pyrrole nitrogens is 2. The first-order valence-corrected chi connectivity index (χ1v) is 10.1. The summed E-state index contributed by atoms with van der Waals surface area (Å²) in [6.07, 6.45) is 2.88. The topological polar surface area (TPSA) is 86.9 Å². The van der Waals surface area contributed by atoms with E-state index < -0.39 is 0 Å². The van der Waals surface area contributed by atoms with Crippen LogP contribution in [0, 0.1) is 0 Å². The molecule has 0 saturated carbocycles. The Labute approximate surface area is 167 Å². The number of benzene rings is 1. The Hall–Kier alpha value is -2.38. The number of amides is 1. The molecular formula is C20H22ClN5O2. The van der Waals surface area contributed by atoms with Crippen LogP contribution in [0.15, 0.2) is 18.2 Å². The van der Waals surface area contributed by atoms with Gasteiger partial charge in [-0.2, -0.15) is 5.10 Å². The molecule has 146 valence electrons. The summed E-state index contributed by atoms with van der Waals surface area (Å²) in [7, 11) is 0. The molecule has 1 amide bonds. The number of aromatic nitrogens is 4. The van der Waals surface area contributed by atoms with Gasteiger partial charge in [0.25, 0.3) is 0 Å². The summed E-state index contributed by atoms with van der Waals surface area (Å²) < 4.78 is 5.59. The number of fused-ring (bicyclic) bond motifs is 2. The van der Waals surface area contributed by atoms with E-state index >= 15 is 0 Å². The van der Waals surface area contributed by atoms with E-state index in [4.69, 9.17) is 16.3 Å². The highest BCUT2D eigenvalue weighted by Crippen LogP contribution is 2.31. The van der Waals surface area contributed by atoms with Crippen LogP contribution < -0.4 is 0 Å². The van der Waals surface area contributed by atoms with Crippen LogP contribution in [0.4, 0.5) is 0 Å². The molecule has 2 aliphatic heterocycles. The predicted octanol–water partition coefficient (Wildman–Crippen LogP) is 2.96. The highest BCUT2D eigenvalue weighted by atomic mass is 35.5. The highest BCUT2D eigenvalue weighted by Gasteiger charge is 2.31. The van der Waals surface area contributed by atoms with Crippen molar-refractivity contribution in [2.75, 3.05) is 19.7 Å². The van der Waals surface area contributed by atoms with Gasteiger partial charge in [-0.1, -0.05) is 11.6 Å². The van der Waals surface area contributed by atoms with Crippen LogP contribution in [0.2, 0.25) is 5.02 Å². The van der Waals surface area contributed by atoms with Crippen molar-refractivity contribution in [1.29, 1.82) is 0 Å². The zero-order valence-electron chi connectivity index (χ0n) is 15.5. The number of hydrogen-bond acceptors (Lipinski definition) is 4. The van der Waals surface area contributed by atoms with E-state index in [0.29, 0.717) is 30.4 Å². The Bertz CT molecular complexity index is 1030. The standard InChI is InChI=1S/C20H22ClN5O2/c21-13-1-2-16-17(9-13)23-18(22-16)3-4-19(27)26-7-5-12(10-26)20-14-11-28-8-6-15(14)24-25-20/h1-2,9,12H,3-8,10-11H2,(H,22,23)(H,24,25). The van der Waals surface area contributed by atoms with E-state index in [9.17, 15) is 4.79 Å². The van der Waals surface area contributed by atoms with E-state index in [-0.39, 0.29) is 5.91 Å². The van der Waals surface area contributed by atoms with Crippen molar-refractivity contribution >= 4 is 28.5 Å². The third-order valence-corrected chi connectivity index (χ3v) is 5.96. The molecule has 0 aliphatic carbocycles. The smallest absolute Gasteiger partial charge is 0.223 e. The Kier molecular flexibility index (Phi) is 4.56. The van der Waals surface area contributed by atoms with E-state index in [2.05, 4.69) is 20.2 Å². The molecule has 0 spiro atoms. The second kappa shape index (κ2) is 7.22. The van der Waals surface area contributed by atoms with Gasteiger partial charge in [-0.25, -0.2) is 4.98 Å². The summed E-state index contributed by atoms with van der Waals surface area (Å²) in [6, 6.07) is 5.57. The molecule has 1 fully saturated rings. The third-order valence-electron chi connectivity index (χ3n) is 5.72. The number of carbonyl (C=O) groups excluding carboxylic acids is 1. The quantitative estimate of drug-likeness (QED) is 0.706. The van der Waals surface area contributed by atoms with Gasteiger partial charge in [-0.3, -0.25) is 9.89 Å². The van der Waals surface area contributed by atoms with E-state index in [0.717, 1.165) is 55.1 Å². The van der Waals surface area contributed by atoms with Gasteiger partial charge in [0.05, 0.1) is 29.9 Å². The van der Waals surface area contributed by atoms with E-state index in [1.54, 1.807) is 0 Å². The molecule has 0 bridgehead atoms. The Balaban J connectivity index is 1.21. The zero-order valence-corrected chi connectivity index (χ0v) is 16.3. The van der Waals surface area contributed by atoms with Crippen molar-refractivity contribution in [2.45, 2.75) is 38.2 Å². The summed E-state index contributed by atoms with van der Waals surface area (Å²) in [5, 5.41) is 8.36. The van der Waals surface area contributed by atoms with Crippen LogP contribution >= 0.6 is 11.6 Å². The number of ether oxygens (including phenoxy) is 1. The van der Waals surface area contributed by atoms with Gasteiger partial charge in [-0.05, 0) is 24.6 Å². The summed E-state index contributed by atoms with van der Waals surface area (Å²) >= 11 is 6.02. The largest absolute Gasteiger partial charge is 0.376 e. The van der Waals surface area contributed by atoms with Crippen molar-refractivity contribution < 1.29 is 9.53 Å². The Morgan fingerprint density at radius 3 is 3.25 bits per heavy atom. The van der Waals surface area contributed by atoms with Gasteiger partial charge in [0.15, 0.2) is 0 Å². The number of imidazole rings is 1. The van der Waals surface area contributed by atoms with Crippen molar-refractivity contribution in [3.63, 3.8) is 0 Å². The van der Waals surface area contributed by atoms with Crippen LogP contribution in [0.1, 0.15) is 41.5 Å². The fraction of sp³-hybridized carbons (Fsp3) is 0.450. The molecule has 7 nitrogen and oxygen atoms in total. The number of carbonyl (C=O) groups is 1. The third kappa shape index (κ3) is 3.29. The SMILES string of the molecule is O=C(CCc1nc2ccc(Cl)cc2[nH]1)N1CCC(c2n[nH]c3c2COCC3)C1. The number of hydrogen-bond donors (Lipinski definition) is 2. The second-order valence-electron chi connectivity index (χ2n) is 7.54. The van der Waals surface area contributed by atoms with Crippen LogP contribution in [-0.4, -0.2) is 50.7 Å². The Morgan fingerprint density at radius 2 is 2.32 bits per heavy atom. The lowest BCUT2D eigenvalue weighted by molar-refractivity contribution is -0.130. The lowest BCUT2D eigenvalue weighted by Gasteiger charge is -2.17. The monoisotopic (exact) mass is 399 g/mol. The van der Waals surface area contributed by atoms with Crippen molar-refractivity contribution in [3.05, 3.63) is 46.0 Å². The summed E-state index contributed by atoms with van der Waals surface area (Å²) in [5.74, 6) is 1.28. The minimum Gasteiger partial charge on any atom is -0.376 e. The Morgan fingerprint density at radius 1 is 1.39 bits per heavy atom. The zero-order chi connectivity index (χ0) is 19.1. The van der Waals surface area contributed by atoms with Crippen molar-refractivity contribution in [1.82, 2.24) is 25.1 Å². The maximum Gasteiger partial charge on any atom is 0.223 e. The number of halogens is 1. The van der Waals surface area contributed by atoms with Crippen molar-refractivity contribution in [3.8, 4) is 0 Å². The van der Waals surface area contributed by atoms with Gasteiger partial charge >= 0.3 is 0 Å². The number of rotatable bonds is 4. The number of likely N-dealkylation sites (tertiary alicyclic amines) is 1. The molecule has 3 aromatic rings. The number of aromatic amines is 2. The lowest BCUT2D eigenvalue weighted by atomic mass is 9.98. The van der Waals surface area contributed by atoms with Crippen molar-refractivity contribution in [2.24, 2.45) is 0 Å². The van der Waals surface area contributed by atoms with Crippen LogP contribution in [0.3, 0.4) is 0 Å². The number of nitrogens with one attached hydrogen (secondary N) is 2. The normalized spacial score (nSPS) is 19.3. The van der Waals surface area contributed by atoms with E-state index in [1.165, 1.54) is 11.3 Å². The minimum absolute atomic E-state index is 0.168. The molecule has 1 unspecified atom stereocenters. The first-order chi connectivity index (χ1) is 13.7. The average Bonchev–Trinajstić information content (AvgIpc) is 3.42. The first-order valence-electron chi connectivity index (χ1n) is 9.73. The highest BCUT2D eigenvalue weighted by molar-refractivity contribution is 6.31. The molecule has 2 aliphatic rings. The molecule has 5 rings (SSSR count). The molecule has 8 heteroatoms. The van der Waals surface area contributed by atoms with Gasteiger partial charge in [0.1, 0.15) is 5.82 Å². The summed E-state index contributed by atoms with van der Waals surface area (Å²) in [5.41, 5.74) is 5.25. The number of nitrogens with zero attached hydrogens (tertiary/aromatic N) is 3. The predicted molar refractivity (Wildman–Crippen MR) is 105 cm³/mol. The second-order valence-corrected chi connectivity index (χ2v) is 7.98. The molecule has 28 heavy (non-hydrogen) atoms. The van der Waals surface area contributed by atoms with E-state index in [1.807, 2.05) is 23.1 Å². The van der Waals surface area contributed by atoms with Crippen LogP contribution in [-0.2, 0) is 29.0 Å². The molecule has 0 radical (unpaired) electrons. The fourth-order valence-corrected chi connectivity index (χ4v) is 4.39. The minimum atomic E-state index is 0.168. The molecule has 1 saturated heterocycles. The molecule has 4 heterocycles. The van der Waals surface area contributed by atoms with Crippen LogP contribution in [0.5, 0.6) is 0 Å². The van der Waals surface area contributed by atoms with Crippen LogP contribution in [0.25, 0.3) is 11.0 Å². The molecule has 2 aromatic heterocycles. The maximum absolute atomic E-state index is 12.7. The van der Waals surface area contributed by atoms with Gasteiger partial charge < -0.3 is 14.6 Å². The molecule has 2 N–H and O–H groups in total. The maximum atomic E-state index is 12.7. The fourth-order valence-electron chi connectivity index (χ4n) is 4.22. The molecule has 1 atom stereocenters. The van der Waals surface area contributed by atoms with Gasteiger partial charge in [-0.15, -0.1) is 0 Å². The molecule has 1 aromatic carbocycles. The summed E-state index contributed by atoms with van der Waals surface area (Å²) in [6.45, 7) is 2.88. The van der Waals surface area contributed by atoms with Gasteiger partial charge in [0.2, 0.25) is 5.91 Å². The summed E-state index contributed by atoms with van der Waals surface area (Å²) in [4.78, 5) is 22.5. The lowest BCUT2D eigenvalue weighted by Crippen LogP contribution is -2.28.